The van der Waals surface area contributed by atoms with Gasteiger partial charge in [0.05, 0.1) is 0 Å². The molecule has 0 aliphatic carbocycles. The molecule has 1 aromatic rings. The fourth-order valence-electron chi connectivity index (χ4n) is 1.25. The maximum absolute atomic E-state index is 7.38. The van der Waals surface area contributed by atoms with Crippen molar-refractivity contribution in [2.24, 2.45) is 0 Å². The molecule has 0 bridgehead atoms. The van der Waals surface area contributed by atoms with Gasteiger partial charge in [0.2, 0.25) is 0 Å². The molecule has 0 atom stereocenters. The van der Waals surface area contributed by atoms with Gasteiger partial charge in [0.1, 0.15) is 0 Å². The van der Waals surface area contributed by atoms with Gasteiger partial charge in [0.15, 0.2) is 5.17 Å². The van der Waals surface area contributed by atoms with Gasteiger partial charge in [-0.2, -0.15) is 0 Å². The van der Waals surface area contributed by atoms with Gasteiger partial charge in [-0.05, 0) is 37.7 Å². The number of aromatic nitrogens is 1. The van der Waals surface area contributed by atoms with Crippen molar-refractivity contribution in [3.63, 3.8) is 0 Å². The summed E-state index contributed by atoms with van der Waals surface area (Å²) in [5, 5.41) is 11.0. The minimum atomic E-state index is 0. The largest absolute Gasteiger partial charge is 0.365 e. The first-order chi connectivity index (χ1) is 7.33. The van der Waals surface area contributed by atoms with Gasteiger partial charge in [-0.1, -0.05) is 17.8 Å². The number of thioether (sulfide) groups is 1. The van der Waals surface area contributed by atoms with E-state index in [1.807, 2.05) is 24.6 Å². The summed E-state index contributed by atoms with van der Waals surface area (Å²) in [6.45, 7) is 0.881. The summed E-state index contributed by atoms with van der Waals surface area (Å²) < 4.78 is 0. The summed E-state index contributed by atoms with van der Waals surface area (Å²) in [7, 11) is 0. The number of nitrogens with zero attached hydrogens (tertiary/aromatic N) is 1. The van der Waals surface area contributed by atoms with Crippen LogP contribution in [0.15, 0.2) is 24.4 Å². The van der Waals surface area contributed by atoms with Crippen LogP contribution in [0.1, 0.15) is 18.5 Å². The number of amidine groups is 1. The predicted molar refractivity (Wildman–Crippen MR) is 81.8 cm³/mol. The highest BCUT2D eigenvalue weighted by molar-refractivity contribution is 14.0. The van der Waals surface area contributed by atoms with E-state index in [9.17, 15) is 0 Å². The first-order valence-corrected chi connectivity index (χ1v) is 6.31. The molecule has 0 amide bonds. The first kappa shape index (κ1) is 15.7. The summed E-state index contributed by atoms with van der Waals surface area (Å²) in [6, 6.07) is 6.01. The molecule has 2 N–H and O–H groups in total. The van der Waals surface area contributed by atoms with Crippen molar-refractivity contribution in [1.82, 2.24) is 10.3 Å². The molecular formula is C11H18IN3S. The second-order valence-corrected chi connectivity index (χ2v) is 4.05. The molecule has 0 unspecified atom stereocenters. The summed E-state index contributed by atoms with van der Waals surface area (Å²) >= 11 is 1.44. The third-order valence-corrected chi connectivity index (χ3v) is 2.63. The van der Waals surface area contributed by atoms with E-state index in [2.05, 4.69) is 16.4 Å². The molecule has 1 aromatic heterocycles. The number of rotatable bonds is 5. The van der Waals surface area contributed by atoms with E-state index >= 15 is 0 Å². The monoisotopic (exact) mass is 351 g/mol. The Morgan fingerprint density at radius 1 is 1.44 bits per heavy atom. The van der Waals surface area contributed by atoms with Crippen LogP contribution in [0, 0.1) is 5.41 Å². The Kier molecular flexibility index (Phi) is 9.71. The van der Waals surface area contributed by atoms with E-state index < -0.39 is 0 Å². The molecule has 0 spiro atoms. The van der Waals surface area contributed by atoms with Crippen molar-refractivity contribution in [1.29, 1.82) is 5.41 Å². The zero-order valence-corrected chi connectivity index (χ0v) is 12.5. The number of nitrogens with one attached hydrogen (secondary N) is 2. The highest BCUT2D eigenvalue weighted by Crippen LogP contribution is 2.00. The predicted octanol–water partition coefficient (Wildman–Crippen LogP) is 2.91. The topological polar surface area (TPSA) is 48.8 Å². The maximum Gasteiger partial charge on any atom is 0.153 e. The van der Waals surface area contributed by atoms with E-state index in [1.54, 1.807) is 0 Å². The van der Waals surface area contributed by atoms with Crippen molar-refractivity contribution in [2.45, 2.75) is 19.3 Å². The van der Waals surface area contributed by atoms with E-state index in [4.69, 9.17) is 5.41 Å². The molecule has 0 aromatic carbocycles. The van der Waals surface area contributed by atoms with Gasteiger partial charge in [0, 0.05) is 18.4 Å². The summed E-state index contributed by atoms with van der Waals surface area (Å²) in [6.07, 6.45) is 6.96. The number of aryl methyl sites for hydroxylation is 1. The van der Waals surface area contributed by atoms with Crippen LogP contribution in [0.3, 0.4) is 0 Å². The van der Waals surface area contributed by atoms with Crippen molar-refractivity contribution in [3.05, 3.63) is 30.1 Å². The average molecular weight is 351 g/mol. The summed E-state index contributed by atoms with van der Waals surface area (Å²) in [5.41, 5.74) is 1.15. The van der Waals surface area contributed by atoms with Crippen LogP contribution in [-0.4, -0.2) is 23.0 Å². The van der Waals surface area contributed by atoms with E-state index in [0.29, 0.717) is 5.17 Å². The average Bonchev–Trinajstić information content (AvgIpc) is 2.29. The van der Waals surface area contributed by atoms with Gasteiger partial charge >= 0.3 is 0 Å². The number of hydrogen-bond acceptors (Lipinski definition) is 3. The lowest BCUT2D eigenvalue weighted by Gasteiger charge is -2.04. The molecule has 16 heavy (non-hydrogen) atoms. The Balaban J connectivity index is 0.00000225. The van der Waals surface area contributed by atoms with Crippen molar-refractivity contribution < 1.29 is 0 Å². The summed E-state index contributed by atoms with van der Waals surface area (Å²) in [5.74, 6) is 0. The standard InChI is InChI=1S/C11H17N3S.HI/c1-15-11(12)14-9-5-3-7-10-6-2-4-8-13-10;/h2,4,6,8H,3,5,7,9H2,1H3,(H2,12,14);1H. The highest BCUT2D eigenvalue weighted by atomic mass is 127. The van der Waals surface area contributed by atoms with E-state index in [1.165, 1.54) is 11.8 Å². The van der Waals surface area contributed by atoms with Crippen LogP contribution >= 0.6 is 35.7 Å². The summed E-state index contributed by atoms with van der Waals surface area (Å²) in [4.78, 5) is 4.26. The second kappa shape index (κ2) is 9.89. The zero-order valence-electron chi connectivity index (χ0n) is 9.40. The van der Waals surface area contributed by atoms with Crippen LogP contribution in [0.4, 0.5) is 0 Å². The normalized spacial score (nSPS) is 9.31. The molecular weight excluding hydrogens is 333 g/mol. The zero-order chi connectivity index (χ0) is 10.9. The van der Waals surface area contributed by atoms with Crippen LogP contribution < -0.4 is 5.32 Å². The third-order valence-electron chi connectivity index (χ3n) is 2.08. The Hall–Kier alpha value is -0.300. The Morgan fingerprint density at radius 2 is 2.25 bits per heavy atom. The molecule has 0 radical (unpaired) electrons. The van der Waals surface area contributed by atoms with Crippen LogP contribution in [0.5, 0.6) is 0 Å². The molecule has 0 saturated carbocycles. The lowest BCUT2D eigenvalue weighted by Crippen LogP contribution is -2.20. The van der Waals surface area contributed by atoms with Crippen molar-refractivity contribution in [2.75, 3.05) is 12.8 Å². The number of hydrogen-bond donors (Lipinski definition) is 2. The lowest BCUT2D eigenvalue weighted by molar-refractivity contribution is 0.702. The van der Waals surface area contributed by atoms with Gasteiger partial charge < -0.3 is 5.32 Å². The molecule has 0 fully saturated rings. The van der Waals surface area contributed by atoms with Gasteiger partial charge in [0.25, 0.3) is 0 Å². The van der Waals surface area contributed by atoms with Gasteiger partial charge in [-0.3, -0.25) is 10.4 Å². The molecule has 3 nitrogen and oxygen atoms in total. The van der Waals surface area contributed by atoms with Crippen molar-refractivity contribution >= 4 is 40.9 Å². The second-order valence-electron chi connectivity index (χ2n) is 3.24. The molecule has 1 heterocycles. The quantitative estimate of drug-likeness (QED) is 0.371. The lowest BCUT2D eigenvalue weighted by atomic mass is 10.2. The smallest absolute Gasteiger partial charge is 0.153 e. The number of halogens is 1. The van der Waals surface area contributed by atoms with Gasteiger partial charge in [-0.15, -0.1) is 24.0 Å². The van der Waals surface area contributed by atoms with Crippen LogP contribution in [0.2, 0.25) is 0 Å². The van der Waals surface area contributed by atoms with E-state index in [0.717, 1.165) is 31.5 Å². The fourth-order valence-corrected chi connectivity index (χ4v) is 1.50. The van der Waals surface area contributed by atoms with E-state index in [-0.39, 0.29) is 24.0 Å². The maximum atomic E-state index is 7.38. The van der Waals surface area contributed by atoms with Crippen molar-refractivity contribution in [3.8, 4) is 0 Å². The molecule has 0 saturated heterocycles. The Labute approximate surface area is 118 Å². The highest BCUT2D eigenvalue weighted by Gasteiger charge is 1.94. The van der Waals surface area contributed by atoms with Gasteiger partial charge in [-0.25, -0.2) is 0 Å². The minimum Gasteiger partial charge on any atom is -0.365 e. The number of unbranched alkanes of at least 4 members (excludes halogenated alkanes) is 1. The Bertz CT molecular complexity index is 293. The molecule has 5 heteroatoms. The van der Waals surface area contributed by atoms with Crippen LogP contribution in [-0.2, 0) is 6.42 Å². The molecule has 1 rings (SSSR count). The molecule has 90 valence electrons. The molecule has 0 aliphatic rings. The fraction of sp³-hybridized carbons (Fsp3) is 0.455. The third kappa shape index (κ3) is 7.05. The number of pyridine rings is 1. The SMILES string of the molecule is CSC(=N)NCCCCc1ccccn1.I. The minimum absolute atomic E-state index is 0. The van der Waals surface area contributed by atoms with Crippen LogP contribution in [0.25, 0.3) is 0 Å². The Morgan fingerprint density at radius 3 is 2.88 bits per heavy atom. The molecule has 0 aliphatic heterocycles. The first-order valence-electron chi connectivity index (χ1n) is 5.09.